The molecule has 0 aliphatic carbocycles. The third kappa shape index (κ3) is 3.00. The van der Waals surface area contributed by atoms with Crippen molar-refractivity contribution in [3.05, 3.63) is 47.8 Å². The third-order valence-corrected chi connectivity index (χ3v) is 2.81. The van der Waals surface area contributed by atoms with Crippen molar-refractivity contribution >= 4 is 17.2 Å². The van der Waals surface area contributed by atoms with Crippen LogP contribution in [0.1, 0.15) is 11.1 Å². The van der Waals surface area contributed by atoms with Crippen molar-refractivity contribution in [2.45, 2.75) is 6.92 Å². The van der Waals surface area contributed by atoms with Crippen LogP contribution in [0.3, 0.4) is 0 Å². The van der Waals surface area contributed by atoms with Gasteiger partial charge in [0.2, 0.25) is 0 Å². The highest BCUT2D eigenvalue weighted by atomic mass is 32.1. The fraction of sp³-hybridized carbons (Fsp3) is 0.143. The molecule has 0 fully saturated rings. The predicted octanol–water partition coefficient (Wildman–Crippen LogP) is 2.83. The molecule has 0 atom stereocenters. The standard InChI is InChI=1S/C14H14N2O2S/c1-9-3-4-11(12(7-9)17-2)18-13-8-16-6-5-10(13)14(15)19/h3-8H,1-2H3,(H2,15,19). The van der Waals surface area contributed by atoms with E-state index in [1.165, 1.54) is 0 Å². The van der Waals surface area contributed by atoms with Gasteiger partial charge in [-0.2, -0.15) is 0 Å². The van der Waals surface area contributed by atoms with Gasteiger partial charge in [-0.25, -0.2) is 0 Å². The molecule has 0 aliphatic heterocycles. The Balaban J connectivity index is 2.39. The summed E-state index contributed by atoms with van der Waals surface area (Å²) in [5.41, 5.74) is 7.39. The summed E-state index contributed by atoms with van der Waals surface area (Å²) in [6.45, 7) is 1.98. The second-order valence-electron chi connectivity index (χ2n) is 3.99. The lowest BCUT2D eigenvalue weighted by atomic mass is 10.2. The van der Waals surface area contributed by atoms with E-state index in [1.807, 2.05) is 25.1 Å². The van der Waals surface area contributed by atoms with Crippen molar-refractivity contribution in [2.24, 2.45) is 5.73 Å². The first kappa shape index (κ1) is 13.3. The predicted molar refractivity (Wildman–Crippen MR) is 77.9 cm³/mol. The second-order valence-corrected chi connectivity index (χ2v) is 4.43. The lowest BCUT2D eigenvalue weighted by Crippen LogP contribution is -2.11. The zero-order chi connectivity index (χ0) is 13.8. The summed E-state index contributed by atoms with van der Waals surface area (Å²) >= 11 is 4.99. The monoisotopic (exact) mass is 274 g/mol. The normalized spacial score (nSPS) is 10.0. The van der Waals surface area contributed by atoms with Crippen LogP contribution >= 0.6 is 12.2 Å². The van der Waals surface area contributed by atoms with E-state index in [9.17, 15) is 0 Å². The van der Waals surface area contributed by atoms with Crippen LogP contribution in [-0.4, -0.2) is 17.1 Å². The number of hydrogen-bond acceptors (Lipinski definition) is 4. The summed E-state index contributed by atoms with van der Waals surface area (Å²) in [5.74, 6) is 1.76. The van der Waals surface area contributed by atoms with Gasteiger partial charge in [0.15, 0.2) is 17.2 Å². The van der Waals surface area contributed by atoms with Gasteiger partial charge in [-0.1, -0.05) is 18.3 Å². The minimum atomic E-state index is 0.267. The fourth-order valence-electron chi connectivity index (χ4n) is 1.64. The topological polar surface area (TPSA) is 57.4 Å². The van der Waals surface area contributed by atoms with E-state index in [2.05, 4.69) is 4.98 Å². The third-order valence-electron chi connectivity index (χ3n) is 2.59. The molecule has 0 amide bonds. The summed E-state index contributed by atoms with van der Waals surface area (Å²) in [7, 11) is 1.60. The summed E-state index contributed by atoms with van der Waals surface area (Å²) < 4.78 is 11.1. The molecule has 0 radical (unpaired) electrons. The van der Waals surface area contributed by atoms with Gasteiger partial charge in [-0.15, -0.1) is 0 Å². The molecular formula is C14H14N2O2S. The molecule has 2 N–H and O–H groups in total. The van der Waals surface area contributed by atoms with Crippen molar-refractivity contribution in [2.75, 3.05) is 7.11 Å². The average molecular weight is 274 g/mol. The van der Waals surface area contributed by atoms with Crippen LogP contribution in [0.25, 0.3) is 0 Å². The van der Waals surface area contributed by atoms with E-state index in [4.69, 9.17) is 27.4 Å². The van der Waals surface area contributed by atoms with Crippen LogP contribution in [-0.2, 0) is 0 Å². The van der Waals surface area contributed by atoms with Gasteiger partial charge in [0, 0.05) is 6.20 Å². The van der Waals surface area contributed by atoms with Crippen molar-refractivity contribution in [3.63, 3.8) is 0 Å². The van der Waals surface area contributed by atoms with Gasteiger partial charge in [-0.05, 0) is 30.7 Å². The molecule has 1 aromatic carbocycles. The van der Waals surface area contributed by atoms with Gasteiger partial charge in [0.25, 0.3) is 0 Å². The van der Waals surface area contributed by atoms with Crippen LogP contribution in [0.4, 0.5) is 0 Å². The molecule has 0 spiro atoms. The number of thiocarbonyl (C=S) groups is 1. The van der Waals surface area contributed by atoms with Crippen LogP contribution in [0.2, 0.25) is 0 Å². The van der Waals surface area contributed by atoms with Gasteiger partial charge >= 0.3 is 0 Å². The quantitative estimate of drug-likeness (QED) is 0.869. The van der Waals surface area contributed by atoms with E-state index in [0.717, 1.165) is 5.56 Å². The first-order valence-corrected chi connectivity index (χ1v) is 6.09. The molecule has 0 unspecified atom stereocenters. The number of aromatic nitrogens is 1. The molecule has 5 heteroatoms. The Labute approximate surface area is 117 Å². The van der Waals surface area contributed by atoms with Gasteiger partial charge < -0.3 is 15.2 Å². The number of methoxy groups -OCH3 is 1. The van der Waals surface area contributed by atoms with E-state index < -0.39 is 0 Å². The van der Waals surface area contributed by atoms with Crippen LogP contribution in [0, 0.1) is 6.92 Å². The number of nitrogens with two attached hydrogens (primary N) is 1. The second kappa shape index (κ2) is 5.67. The number of ether oxygens (including phenoxy) is 2. The molecule has 2 rings (SSSR count). The van der Waals surface area contributed by atoms with Crippen molar-refractivity contribution in [1.82, 2.24) is 4.98 Å². The van der Waals surface area contributed by atoms with Crippen molar-refractivity contribution in [3.8, 4) is 17.2 Å². The minimum Gasteiger partial charge on any atom is -0.493 e. The summed E-state index contributed by atoms with van der Waals surface area (Å²) in [6, 6.07) is 7.39. The number of nitrogens with zero attached hydrogens (tertiary/aromatic N) is 1. The van der Waals surface area contributed by atoms with Crippen molar-refractivity contribution in [1.29, 1.82) is 0 Å². The number of benzene rings is 1. The fourth-order valence-corrected chi connectivity index (χ4v) is 1.81. The Morgan fingerprint density at radius 2 is 2.00 bits per heavy atom. The highest BCUT2D eigenvalue weighted by molar-refractivity contribution is 7.80. The van der Waals surface area contributed by atoms with Crippen LogP contribution < -0.4 is 15.2 Å². The molecule has 1 heterocycles. The minimum absolute atomic E-state index is 0.267. The first-order valence-electron chi connectivity index (χ1n) is 5.68. The lowest BCUT2D eigenvalue weighted by molar-refractivity contribution is 0.378. The first-order chi connectivity index (χ1) is 9.11. The maximum absolute atomic E-state index is 5.79. The molecule has 0 saturated heterocycles. The smallest absolute Gasteiger partial charge is 0.169 e. The SMILES string of the molecule is COc1cc(C)ccc1Oc1cnccc1C(N)=S. The highest BCUT2D eigenvalue weighted by Gasteiger charge is 2.10. The summed E-state index contributed by atoms with van der Waals surface area (Å²) in [4.78, 5) is 4.28. The maximum atomic E-state index is 5.79. The Morgan fingerprint density at radius 1 is 1.21 bits per heavy atom. The highest BCUT2D eigenvalue weighted by Crippen LogP contribution is 2.33. The molecule has 2 aromatic rings. The summed E-state index contributed by atoms with van der Waals surface area (Å²) in [5, 5.41) is 0. The van der Waals surface area contributed by atoms with E-state index >= 15 is 0 Å². The number of aryl methyl sites for hydroxylation is 1. The molecule has 0 aliphatic rings. The van der Waals surface area contributed by atoms with E-state index in [-0.39, 0.29) is 4.99 Å². The molecule has 0 saturated carbocycles. The van der Waals surface area contributed by atoms with Gasteiger partial charge in [0.1, 0.15) is 4.99 Å². The molecular weight excluding hydrogens is 260 g/mol. The van der Waals surface area contributed by atoms with E-state index in [1.54, 1.807) is 25.6 Å². The number of pyridine rings is 1. The Hall–Kier alpha value is -2.14. The number of rotatable bonds is 4. The Bertz CT molecular complexity index is 614. The van der Waals surface area contributed by atoms with E-state index in [0.29, 0.717) is 22.8 Å². The zero-order valence-corrected chi connectivity index (χ0v) is 11.5. The zero-order valence-electron chi connectivity index (χ0n) is 10.7. The van der Waals surface area contributed by atoms with Crippen molar-refractivity contribution < 1.29 is 9.47 Å². The van der Waals surface area contributed by atoms with Crippen LogP contribution in [0.5, 0.6) is 17.2 Å². The molecule has 4 nitrogen and oxygen atoms in total. The maximum Gasteiger partial charge on any atom is 0.169 e. The Morgan fingerprint density at radius 3 is 2.68 bits per heavy atom. The molecule has 19 heavy (non-hydrogen) atoms. The molecule has 98 valence electrons. The van der Waals surface area contributed by atoms with Gasteiger partial charge in [0.05, 0.1) is 18.9 Å². The van der Waals surface area contributed by atoms with Crippen LogP contribution in [0.15, 0.2) is 36.7 Å². The molecule has 1 aromatic heterocycles. The summed E-state index contributed by atoms with van der Waals surface area (Å²) in [6.07, 6.45) is 3.20. The number of hydrogen-bond donors (Lipinski definition) is 1. The Kier molecular flexibility index (Phi) is 3.97. The lowest BCUT2D eigenvalue weighted by Gasteiger charge is -2.13. The van der Waals surface area contributed by atoms with Gasteiger partial charge in [-0.3, -0.25) is 4.98 Å². The molecule has 0 bridgehead atoms. The average Bonchev–Trinajstić information content (AvgIpc) is 2.41. The largest absolute Gasteiger partial charge is 0.493 e.